The number of aromatic nitrogens is 3. The summed E-state index contributed by atoms with van der Waals surface area (Å²) >= 11 is 2.45. The first-order valence-corrected chi connectivity index (χ1v) is 12.6. The number of hydrogen-bond donors (Lipinski definition) is 2. The van der Waals surface area contributed by atoms with Crippen LogP contribution in [0.15, 0.2) is 19.9 Å². The van der Waals surface area contributed by atoms with Crippen LogP contribution in [0.3, 0.4) is 0 Å². The van der Waals surface area contributed by atoms with Crippen LogP contribution in [0, 0.1) is 0 Å². The standard InChI is InChI=1S/C18H20N4O4S3/c1-18(6-7-18)21-29(25,26)14-8-10-15(28-14)20-17(24)22(16(10)23)9-13-19-11-4-2-3-5-12(11)27-13/h8,21H,2-7,9H2,1H3,(H,20,24). The van der Waals surface area contributed by atoms with Gasteiger partial charge in [-0.2, -0.15) is 0 Å². The number of aromatic amines is 1. The van der Waals surface area contributed by atoms with Gasteiger partial charge >= 0.3 is 5.69 Å². The van der Waals surface area contributed by atoms with Gasteiger partial charge in [0.2, 0.25) is 0 Å². The summed E-state index contributed by atoms with van der Waals surface area (Å²) in [5.74, 6) is 0. The molecule has 11 heteroatoms. The molecule has 154 valence electrons. The molecule has 0 saturated heterocycles. The summed E-state index contributed by atoms with van der Waals surface area (Å²) in [6.07, 6.45) is 5.77. The van der Waals surface area contributed by atoms with Crippen LogP contribution in [0.5, 0.6) is 0 Å². The predicted octanol–water partition coefficient (Wildman–Crippen LogP) is 1.97. The van der Waals surface area contributed by atoms with Gasteiger partial charge in [0.05, 0.1) is 17.6 Å². The largest absolute Gasteiger partial charge is 0.329 e. The number of nitrogens with one attached hydrogen (secondary N) is 2. The molecule has 0 spiro atoms. The minimum Gasteiger partial charge on any atom is -0.298 e. The second-order valence-corrected chi connectivity index (χ2v) is 12.1. The second-order valence-electron chi connectivity index (χ2n) is 7.98. The average molecular weight is 453 g/mol. The van der Waals surface area contributed by atoms with Gasteiger partial charge < -0.3 is 0 Å². The van der Waals surface area contributed by atoms with Gasteiger partial charge in [0.1, 0.15) is 14.0 Å². The number of H-pyrrole nitrogens is 1. The van der Waals surface area contributed by atoms with E-state index in [-0.39, 0.29) is 21.0 Å². The van der Waals surface area contributed by atoms with E-state index in [9.17, 15) is 18.0 Å². The van der Waals surface area contributed by atoms with E-state index < -0.39 is 26.8 Å². The normalized spacial score (nSPS) is 18.1. The third-order valence-corrected chi connectivity index (χ3v) is 9.78. The molecule has 0 bridgehead atoms. The van der Waals surface area contributed by atoms with Gasteiger partial charge in [0, 0.05) is 10.4 Å². The number of nitrogens with zero attached hydrogens (tertiary/aromatic N) is 2. The SMILES string of the molecule is CC1(NS(=O)(=O)c2cc3c(=O)n(Cc4nc5c(s4)CCCC5)c(=O)[nH]c3s2)CC1. The van der Waals surface area contributed by atoms with E-state index in [0.717, 1.165) is 65.1 Å². The molecule has 0 aromatic carbocycles. The molecule has 0 radical (unpaired) electrons. The summed E-state index contributed by atoms with van der Waals surface area (Å²) in [7, 11) is -3.73. The molecule has 0 atom stereocenters. The van der Waals surface area contributed by atoms with Crippen molar-refractivity contribution in [2.45, 2.75) is 61.7 Å². The summed E-state index contributed by atoms with van der Waals surface area (Å²) in [6, 6.07) is 1.36. The molecule has 3 aromatic heterocycles. The molecule has 1 saturated carbocycles. The molecule has 3 aromatic rings. The predicted molar refractivity (Wildman–Crippen MR) is 113 cm³/mol. The third kappa shape index (κ3) is 3.49. The average Bonchev–Trinajstić information content (AvgIpc) is 3.08. The fraction of sp³-hybridized carbons (Fsp3) is 0.500. The number of fused-ring (bicyclic) bond motifs is 2. The lowest BCUT2D eigenvalue weighted by molar-refractivity contribution is 0.560. The van der Waals surface area contributed by atoms with Crippen molar-refractivity contribution in [1.82, 2.24) is 19.3 Å². The highest BCUT2D eigenvalue weighted by molar-refractivity contribution is 7.91. The number of thiophene rings is 1. The molecule has 3 heterocycles. The van der Waals surface area contributed by atoms with Gasteiger partial charge in [-0.25, -0.2) is 22.9 Å². The zero-order valence-electron chi connectivity index (χ0n) is 15.8. The lowest BCUT2D eigenvalue weighted by Gasteiger charge is -2.09. The van der Waals surface area contributed by atoms with Crippen molar-refractivity contribution in [3.05, 3.63) is 42.5 Å². The zero-order chi connectivity index (χ0) is 20.4. The second kappa shape index (κ2) is 6.59. The van der Waals surface area contributed by atoms with E-state index in [1.807, 2.05) is 6.92 Å². The maximum absolute atomic E-state index is 12.9. The molecule has 2 N–H and O–H groups in total. The van der Waals surface area contributed by atoms with Crippen LogP contribution in [-0.2, 0) is 29.4 Å². The van der Waals surface area contributed by atoms with Crippen LogP contribution < -0.4 is 16.0 Å². The molecule has 2 aliphatic carbocycles. The number of hydrogen-bond acceptors (Lipinski definition) is 7. The summed E-state index contributed by atoms with van der Waals surface area (Å²) < 4.78 is 29.1. The van der Waals surface area contributed by atoms with Crippen LogP contribution >= 0.6 is 22.7 Å². The van der Waals surface area contributed by atoms with Gasteiger partial charge in [0.25, 0.3) is 15.6 Å². The quantitative estimate of drug-likeness (QED) is 0.614. The van der Waals surface area contributed by atoms with Crippen molar-refractivity contribution in [2.75, 3.05) is 0 Å². The van der Waals surface area contributed by atoms with Gasteiger partial charge in [-0.05, 0) is 51.5 Å². The minimum atomic E-state index is -3.73. The van der Waals surface area contributed by atoms with Gasteiger partial charge in [-0.1, -0.05) is 0 Å². The van der Waals surface area contributed by atoms with Crippen molar-refractivity contribution in [3.63, 3.8) is 0 Å². The molecule has 5 rings (SSSR count). The Hall–Kier alpha value is -1.82. The highest BCUT2D eigenvalue weighted by Crippen LogP contribution is 2.37. The van der Waals surface area contributed by atoms with Crippen LogP contribution in [-0.4, -0.2) is 28.5 Å². The van der Waals surface area contributed by atoms with E-state index in [1.54, 1.807) is 11.3 Å². The molecular formula is C18H20N4O4S3. The lowest BCUT2D eigenvalue weighted by atomic mass is 10.0. The number of rotatable bonds is 5. The summed E-state index contributed by atoms with van der Waals surface area (Å²) in [5.41, 5.74) is -0.381. The van der Waals surface area contributed by atoms with E-state index in [4.69, 9.17) is 0 Å². The molecule has 0 aliphatic heterocycles. The summed E-state index contributed by atoms with van der Waals surface area (Å²) in [4.78, 5) is 34.2. The van der Waals surface area contributed by atoms with Crippen LogP contribution in [0.2, 0.25) is 0 Å². The Bertz CT molecular complexity index is 1320. The summed E-state index contributed by atoms with van der Waals surface area (Å²) in [5, 5.41) is 0.937. The maximum Gasteiger partial charge on any atom is 0.329 e. The smallest absolute Gasteiger partial charge is 0.298 e. The fourth-order valence-corrected chi connectivity index (χ4v) is 7.53. The van der Waals surface area contributed by atoms with E-state index in [1.165, 1.54) is 10.9 Å². The van der Waals surface area contributed by atoms with Crippen molar-refractivity contribution >= 4 is 42.9 Å². The summed E-state index contributed by atoms with van der Waals surface area (Å²) in [6.45, 7) is 1.94. The Balaban J connectivity index is 1.53. The van der Waals surface area contributed by atoms with Crippen LogP contribution in [0.1, 0.15) is 48.2 Å². The first kappa shape index (κ1) is 19.2. The Labute approximate surface area is 174 Å². The Kier molecular flexibility index (Phi) is 4.36. The molecule has 2 aliphatic rings. The van der Waals surface area contributed by atoms with Gasteiger partial charge in [-0.3, -0.25) is 14.3 Å². The lowest BCUT2D eigenvalue weighted by Crippen LogP contribution is -2.35. The van der Waals surface area contributed by atoms with Crippen molar-refractivity contribution in [1.29, 1.82) is 0 Å². The minimum absolute atomic E-state index is 0.0378. The van der Waals surface area contributed by atoms with Gasteiger partial charge in [0.15, 0.2) is 0 Å². The molecule has 0 unspecified atom stereocenters. The Morgan fingerprint density at radius 1 is 1.24 bits per heavy atom. The molecule has 29 heavy (non-hydrogen) atoms. The Morgan fingerprint density at radius 3 is 2.72 bits per heavy atom. The Morgan fingerprint density at radius 2 is 2.00 bits per heavy atom. The molecular weight excluding hydrogens is 432 g/mol. The van der Waals surface area contributed by atoms with E-state index in [0.29, 0.717) is 0 Å². The van der Waals surface area contributed by atoms with E-state index >= 15 is 0 Å². The fourth-order valence-electron chi connectivity index (χ4n) is 3.57. The van der Waals surface area contributed by atoms with Crippen molar-refractivity contribution in [2.24, 2.45) is 0 Å². The monoisotopic (exact) mass is 452 g/mol. The number of thiazole rings is 1. The highest BCUT2D eigenvalue weighted by atomic mass is 32.2. The van der Waals surface area contributed by atoms with Crippen LogP contribution in [0.25, 0.3) is 10.2 Å². The van der Waals surface area contributed by atoms with E-state index in [2.05, 4.69) is 14.7 Å². The third-order valence-electron chi connectivity index (χ3n) is 5.48. The number of aryl methyl sites for hydroxylation is 2. The van der Waals surface area contributed by atoms with Gasteiger partial charge in [-0.15, -0.1) is 22.7 Å². The maximum atomic E-state index is 12.9. The molecule has 8 nitrogen and oxygen atoms in total. The molecule has 1 fully saturated rings. The molecule has 0 amide bonds. The highest BCUT2D eigenvalue weighted by Gasteiger charge is 2.41. The first-order chi connectivity index (χ1) is 13.7. The zero-order valence-corrected chi connectivity index (χ0v) is 18.2. The van der Waals surface area contributed by atoms with Crippen molar-refractivity contribution in [3.8, 4) is 0 Å². The number of sulfonamides is 1. The van der Waals surface area contributed by atoms with Crippen molar-refractivity contribution < 1.29 is 8.42 Å². The topological polar surface area (TPSA) is 114 Å². The first-order valence-electron chi connectivity index (χ1n) is 9.52. The van der Waals surface area contributed by atoms with Crippen LogP contribution in [0.4, 0.5) is 0 Å².